The Morgan fingerprint density at radius 1 is 1.18 bits per heavy atom. The van der Waals surface area contributed by atoms with Gasteiger partial charge < -0.3 is 10.4 Å². The van der Waals surface area contributed by atoms with Crippen LogP contribution in [0.3, 0.4) is 0 Å². The first-order valence-corrected chi connectivity index (χ1v) is 6.41. The maximum Gasteiger partial charge on any atom is 0.123 e. The second kappa shape index (κ2) is 6.12. The van der Waals surface area contributed by atoms with Crippen molar-refractivity contribution >= 4 is 0 Å². The molecule has 0 spiro atoms. The number of hydrogen-bond acceptors (Lipinski definition) is 2. The molecule has 1 aromatic rings. The Hall–Kier alpha value is -0.930. The number of rotatable bonds is 4. The van der Waals surface area contributed by atoms with Gasteiger partial charge >= 0.3 is 0 Å². The van der Waals surface area contributed by atoms with Gasteiger partial charge in [0, 0.05) is 6.04 Å². The molecule has 94 valence electrons. The minimum Gasteiger partial charge on any atom is -0.392 e. The lowest BCUT2D eigenvalue weighted by atomic mass is 9.92. The lowest BCUT2D eigenvalue weighted by Crippen LogP contribution is -2.42. The van der Waals surface area contributed by atoms with Gasteiger partial charge in [0.25, 0.3) is 0 Å². The fourth-order valence-electron chi connectivity index (χ4n) is 2.40. The molecule has 2 N–H and O–H groups in total. The van der Waals surface area contributed by atoms with Gasteiger partial charge in [-0.3, -0.25) is 0 Å². The predicted octanol–water partition coefficient (Wildman–Crippen LogP) is 2.26. The normalized spacial score (nSPS) is 24.8. The molecule has 0 heterocycles. The summed E-state index contributed by atoms with van der Waals surface area (Å²) < 4.78 is 12.7. The van der Waals surface area contributed by atoms with Crippen LogP contribution in [-0.4, -0.2) is 23.8 Å². The molecular formula is C14H20FNO. The zero-order valence-electron chi connectivity index (χ0n) is 10.0. The smallest absolute Gasteiger partial charge is 0.123 e. The average molecular weight is 237 g/mol. The van der Waals surface area contributed by atoms with Crippen LogP contribution >= 0.6 is 0 Å². The van der Waals surface area contributed by atoms with Gasteiger partial charge in [-0.15, -0.1) is 0 Å². The summed E-state index contributed by atoms with van der Waals surface area (Å²) in [6.07, 6.45) is 4.99. The highest BCUT2D eigenvalue weighted by molar-refractivity contribution is 5.16. The van der Waals surface area contributed by atoms with Crippen LogP contribution < -0.4 is 5.32 Å². The largest absolute Gasteiger partial charge is 0.392 e. The molecule has 1 saturated carbocycles. The molecular weight excluding hydrogens is 217 g/mol. The predicted molar refractivity (Wildman–Crippen MR) is 66.4 cm³/mol. The van der Waals surface area contributed by atoms with Gasteiger partial charge in [-0.05, 0) is 43.5 Å². The molecule has 1 aliphatic carbocycles. The van der Waals surface area contributed by atoms with Gasteiger partial charge in [0.1, 0.15) is 5.82 Å². The van der Waals surface area contributed by atoms with Crippen LogP contribution in [0, 0.1) is 5.82 Å². The van der Waals surface area contributed by atoms with E-state index in [1.54, 1.807) is 0 Å². The van der Waals surface area contributed by atoms with E-state index < -0.39 is 0 Å². The van der Waals surface area contributed by atoms with E-state index in [9.17, 15) is 9.50 Å². The first kappa shape index (κ1) is 12.5. The van der Waals surface area contributed by atoms with Gasteiger partial charge in [0.05, 0.1) is 6.10 Å². The highest BCUT2D eigenvalue weighted by Gasteiger charge is 2.21. The lowest BCUT2D eigenvalue weighted by Gasteiger charge is -2.28. The van der Waals surface area contributed by atoms with Crippen LogP contribution in [0.1, 0.15) is 31.2 Å². The minimum atomic E-state index is -0.197. The van der Waals surface area contributed by atoms with Crippen molar-refractivity contribution in [1.82, 2.24) is 5.32 Å². The third kappa shape index (κ3) is 3.79. The summed E-state index contributed by atoms with van der Waals surface area (Å²) in [5, 5.41) is 13.2. The maximum atomic E-state index is 12.7. The Morgan fingerprint density at radius 2 is 1.88 bits per heavy atom. The van der Waals surface area contributed by atoms with E-state index in [1.165, 1.54) is 18.6 Å². The fourth-order valence-corrected chi connectivity index (χ4v) is 2.40. The quantitative estimate of drug-likeness (QED) is 0.842. The Labute approximate surface area is 102 Å². The second-order valence-electron chi connectivity index (χ2n) is 4.79. The van der Waals surface area contributed by atoms with E-state index in [0.29, 0.717) is 0 Å². The molecule has 1 aromatic carbocycles. The van der Waals surface area contributed by atoms with Crippen molar-refractivity contribution in [3.8, 4) is 0 Å². The molecule has 0 radical (unpaired) electrons. The Morgan fingerprint density at radius 3 is 2.59 bits per heavy atom. The summed E-state index contributed by atoms with van der Waals surface area (Å²) in [5.74, 6) is -0.190. The van der Waals surface area contributed by atoms with Crippen molar-refractivity contribution in [1.29, 1.82) is 0 Å². The molecule has 2 nitrogen and oxygen atoms in total. The molecule has 0 aromatic heterocycles. The topological polar surface area (TPSA) is 32.3 Å². The Kier molecular flexibility index (Phi) is 4.51. The SMILES string of the molecule is OC1CCCCC1NCCc1ccc(F)cc1. The first-order chi connectivity index (χ1) is 8.25. The molecule has 17 heavy (non-hydrogen) atoms. The van der Waals surface area contributed by atoms with E-state index in [-0.39, 0.29) is 18.0 Å². The molecule has 1 fully saturated rings. The summed E-state index contributed by atoms with van der Waals surface area (Å²) in [4.78, 5) is 0. The third-order valence-corrected chi connectivity index (χ3v) is 3.46. The van der Waals surface area contributed by atoms with E-state index in [4.69, 9.17) is 0 Å². The highest BCUT2D eigenvalue weighted by atomic mass is 19.1. The summed E-state index contributed by atoms with van der Waals surface area (Å²) >= 11 is 0. The number of hydrogen-bond donors (Lipinski definition) is 2. The lowest BCUT2D eigenvalue weighted by molar-refractivity contribution is 0.0914. The number of halogens is 1. The highest BCUT2D eigenvalue weighted by Crippen LogP contribution is 2.18. The van der Waals surface area contributed by atoms with Crippen molar-refractivity contribution in [3.05, 3.63) is 35.6 Å². The van der Waals surface area contributed by atoms with Crippen molar-refractivity contribution in [3.63, 3.8) is 0 Å². The minimum absolute atomic E-state index is 0.190. The summed E-state index contributed by atoms with van der Waals surface area (Å²) in [7, 11) is 0. The molecule has 0 aliphatic heterocycles. The van der Waals surface area contributed by atoms with Gasteiger partial charge in [-0.25, -0.2) is 4.39 Å². The zero-order valence-corrected chi connectivity index (χ0v) is 10.0. The Bertz CT molecular complexity index is 339. The fraction of sp³-hybridized carbons (Fsp3) is 0.571. The molecule has 3 heteroatoms. The van der Waals surface area contributed by atoms with Crippen LogP contribution in [0.5, 0.6) is 0 Å². The molecule has 0 amide bonds. The Balaban J connectivity index is 1.73. The molecule has 0 saturated heterocycles. The summed E-state index contributed by atoms with van der Waals surface area (Å²) in [6.45, 7) is 0.841. The summed E-state index contributed by atoms with van der Waals surface area (Å²) in [6, 6.07) is 6.85. The zero-order chi connectivity index (χ0) is 12.1. The van der Waals surface area contributed by atoms with Gasteiger partial charge in [-0.1, -0.05) is 25.0 Å². The van der Waals surface area contributed by atoms with E-state index in [0.717, 1.165) is 37.8 Å². The number of benzene rings is 1. The number of aliphatic hydroxyl groups is 1. The van der Waals surface area contributed by atoms with Crippen molar-refractivity contribution < 1.29 is 9.50 Å². The third-order valence-electron chi connectivity index (χ3n) is 3.46. The molecule has 2 unspecified atom stereocenters. The van der Waals surface area contributed by atoms with Gasteiger partial charge in [-0.2, -0.15) is 0 Å². The number of aliphatic hydroxyl groups excluding tert-OH is 1. The maximum absolute atomic E-state index is 12.7. The molecule has 0 bridgehead atoms. The molecule has 2 atom stereocenters. The van der Waals surface area contributed by atoms with Crippen LogP contribution in [0.4, 0.5) is 4.39 Å². The molecule has 2 rings (SSSR count). The summed E-state index contributed by atoms with van der Waals surface area (Å²) in [5.41, 5.74) is 1.13. The van der Waals surface area contributed by atoms with Gasteiger partial charge in [0.2, 0.25) is 0 Å². The van der Waals surface area contributed by atoms with Gasteiger partial charge in [0.15, 0.2) is 0 Å². The second-order valence-corrected chi connectivity index (χ2v) is 4.79. The van der Waals surface area contributed by atoms with Crippen molar-refractivity contribution in [2.24, 2.45) is 0 Å². The van der Waals surface area contributed by atoms with E-state index in [2.05, 4.69) is 5.32 Å². The number of nitrogens with one attached hydrogen (secondary N) is 1. The monoisotopic (exact) mass is 237 g/mol. The van der Waals surface area contributed by atoms with E-state index >= 15 is 0 Å². The van der Waals surface area contributed by atoms with Crippen molar-refractivity contribution in [2.75, 3.05) is 6.54 Å². The average Bonchev–Trinajstić information content (AvgIpc) is 2.34. The first-order valence-electron chi connectivity index (χ1n) is 6.41. The van der Waals surface area contributed by atoms with Crippen LogP contribution in [0.25, 0.3) is 0 Å². The van der Waals surface area contributed by atoms with Crippen molar-refractivity contribution in [2.45, 2.75) is 44.2 Å². The van der Waals surface area contributed by atoms with E-state index in [1.807, 2.05) is 12.1 Å². The van der Waals surface area contributed by atoms with Crippen LogP contribution in [0.15, 0.2) is 24.3 Å². The van der Waals surface area contributed by atoms with Crippen LogP contribution in [-0.2, 0) is 6.42 Å². The van der Waals surface area contributed by atoms with Crippen LogP contribution in [0.2, 0.25) is 0 Å². The standard InChI is InChI=1S/C14H20FNO/c15-12-7-5-11(6-8-12)9-10-16-13-3-1-2-4-14(13)17/h5-8,13-14,16-17H,1-4,9-10H2. The molecule has 1 aliphatic rings.